The number of rotatable bonds is 7. The van der Waals surface area contributed by atoms with Crippen molar-refractivity contribution >= 4 is 0 Å². The summed E-state index contributed by atoms with van der Waals surface area (Å²) in [5, 5.41) is 3.31. The molecule has 2 atom stereocenters. The van der Waals surface area contributed by atoms with E-state index in [-0.39, 0.29) is 6.04 Å². The van der Waals surface area contributed by atoms with Crippen LogP contribution in [0.25, 0.3) is 0 Å². The number of ether oxygens (including phenoxy) is 1. The molecule has 0 radical (unpaired) electrons. The Labute approximate surface area is 105 Å². The van der Waals surface area contributed by atoms with Gasteiger partial charge in [0.25, 0.3) is 0 Å². The zero-order valence-corrected chi connectivity index (χ0v) is 11.5. The molecule has 0 bridgehead atoms. The van der Waals surface area contributed by atoms with E-state index in [1.54, 1.807) is 0 Å². The van der Waals surface area contributed by atoms with Gasteiger partial charge < -0.3 is 10.1 Å². The van der Waals surface area contributed by atoms with Crippen molar-refractivity contribution in [3.63, 3.8) is 0 Å². The first-order chi connectivity index (χ1) is 8.17. The van der Waals surface area contributed by atoms with E-state index in [1.807, 2.05) is 7.05 Å². The molecule has 0 spiro atoms. The van der Waals surface area contributed by atoms with Crippen LogP contribution in [-0.4, -0.2) is 19.8 Å². The predicted molar refractivity (Wildman–Crippen MR) is 73.3 cm³/mol. The quantitative estimate of drug-likeness (QED) is 0.781. The third-order valence-corrected chi connectivity index (χ3v) is 3.07. The highest BCUT2D eigenvalue weighted by Crippen LogP contribution is 2.15. The summed E-state index contributed by atoms with van der Waals surface area (Å²) < 4.78 is 5.86. The average molecular weight is 235 g/mol. The first-order valence-electron chi connectivity index (χ1n) is 6.52. The van der Waals surface area contributed by atoms with Crippen molar-refractivity contribution in [2.45, 2.75) is 45.8 Å². The van der Waals surface area contributed by atoms with Crippen molar-refractivity contribution in [3.05, 3.63) is 35.4 Å². The van der Waals surface area contributed by atoms with Crippen LogP contribution >= 0.6 is 0 Å². The highest BCUT2D eigenvalue weighted by molar-refractivity contribution is 5.24. The number of likely N-dealkylation sites (N-methyl/N-ethyl adjacent to an activating group) is 1. The molecule has 0 aromatic heterocycles. The molecule has 96 valence electrons. The zero-order valence-electron chi connectivity index (χ0n) is 11.5. The first-order valence-corrected chi connectivity index (χ1v) is 6.52. The summed E-state index contributed by atoms with van der Waals surface area (Å²) >= 11 is 0. The Bertz CT molecular complexity index is 307. The maximum absolute atomic E-state index is 5.86. The lowest BCUT2D eigenvalue weighted by molar-refractivity contribution is 0.0453. The smallest absolute Gasteiger partial charge is 0.0665 e. The lowest BCUT2D eigenvalue weighted by atomic mass is 10.1. The van der Waals surface area contributed by atoms with Gasteiger partial charge in [-0.25, -0.2) is 0 Å². The largest absolute Gasteiger partial charge is 0.377 e. The maximum Gasteiger partial charge on any atom is 0.0665 e. The molecule has 1 rings (SSSR count). The molecular weight excluding hydrogens is 210 g/mol. The van der Waals surface area contributed by atoms with E-state index >= 15 is 0 Å². The van der Waals surface area contributed by atoms with E-state index in [4.69, 9.17) is 4.74 Å². The Morgan fingerprint density at radius 1 is 1.24 bits per heavy atom. The highest BCUT2D eigenvalue weighted by atomic mass is 16.5. The van der Waals surface area contributed by atoms with Crippen molar-refractivity contribution in [1.82, 2.24) is 5.32 Å². The standard InChI is InChI=1S/C15H25NO/c1-5-6-13(3)17-11-15(16-4)14-9-7-12(2)8-10-14/h7-10,13,15-16H,5-6,11H2,1-4H3. The second kappa shape index (κ2) is 7.46. The molecule has 0 amide bonds. The molecule has 17 heavy (non-hydrogen) atoms. The number of hydrogen-bond donors (Lipinski definition) is 1. The molecule has 2 unspecified atom stereocenters. The van der Waals surface area contributed by atoms with Gasteiger partial charge in [0.15, 0.2) is 0 Å². The monoisotopic (exact) mass is 235 g/mol. The Kier molecular flexibility index (Phi) is 6.23. The van der Waals surface area contributed by atoms with Gasteiger partial charge in [-0.15, -0.1) is 0 Å². The SMILES string of the molecule is CCCC(C)OCC(NC)c1ccc(C)cc1. The molecule has 2 heteroatoms. The van der Waals surface area contributed by atoms with Crippen LogP contribution in [0, 0.1) is 6.92 Å². The van der Waals surface area contributed by atoms with Gasteiger partial charge in [-0.2, -0.15) is 0 Å². The van der Waals surface area contributed by atoms with E-state index in [0.717, 1.165) is 13.0 Å². The van der Waals surface area contributed by atoms with Gasteiger partial charge in [0, 0.05) is 0 Å². The fourth-order valence-corrected chi connectivity index (χ4v) is 1.90. The van der Waals surface area contributed by atoms with Crippen LogP contribution in [0.4, 0.5) is 0 Å². The summed E-state index contributed by atoms with van der Waals surface area (Å²) in [6.07, 6.45) is 2.65. The molecule has 1 N–H and O–H groups in total. The van der Waals surface area contributed by atoms with Gasteiger partial charge in [0.05, 0.1) is 18.8 Å². The Balaban J connectivity index is 2.51. The summed E-state index contributed by atoms with van der Waals surface area (Å²) in [4.78, 5) is 0. The van der Waals surface area contributed by atoms with Gasteiger partial charge in [0.1, 0.15) is 0 Å². The van der Waals surface area contributed by atoms with Crippen LogP contribution < -0.4 is 5.32 Å². The normalized spacial score (nSPS) is 14.6. The second-order valence-electron chi connectivity index (χ2n) is 4.68. The predicted octanol–water partition coefficient (Wildman–Crippen LogP) is 3.46. The Morgan fingerprint density at radius 3 is 2.41 bits per heavy atom. The molecule has 0 fully saturated rings. The van der Waals surface area contributed by atoms with Crippen molar-refractivity contribution in [1.29, 1.82) is 0 Å². The fourth-order valence-electron chi connectivity index (χ4n) is 1.90. The van der Waals surface area contributed by atoms with Gasteiger partial charge in [-0.1, -0.05) is 43.2 Å². The molecule has 1 aromatic carbocycles. The number of nitrogens with one attached hydrogen (secondary N) is 1. The number of benzene rings is 1. The first kappa shape index (κ1) is 14.2. The minimum atomic E-state index is 0.287. The van der Waals surface area contributed by atoms with Crippen molar-refractivity contribution in [3.8, 4) is 0 Å². The molecule has 0 aliphatic carbocycles. The van der Waals surface area contributed by atoms with Crippen LogP contribution in [0.15, 0.2) is 24.3 Å². The minimum absolute atomic E-state index is 0.287. The molecule has 2 nitrogen and oxygen atoms in total. The molecule has 0 aliphatic rings. The molecule has 0 heterocycles. The molecular formula is C15H25NO. The highest BCUT2D eigenvalue weighted by Gasteiger charge is 2.10. The van der Waals surface area contributed by atoms with Gasteiger partial charge in [-0.3, -0.25) is 0 Å². The summed E-state index contributed by atoms with van der Waals surface area (Å²) in [5.74, 6) is 0. The summed E-state index contributed by atoms with van der Waals surface area (Å²) in [5.41, 5.74) is 2.59. The topological polar surface area (TPSA) is 21.3 Å². The summed E-state index contributed by atoms with van der Waals surface area (Å²) in [6.45, 7) is 7.18. The van der Waals surface area contributed by atoms with Crippen LogP contribution in [0.3, 0.4) is 0 Å². The summed E-state index contributed by atoms with van der Waals surface area (Å²) in [7, 11) is 1.98. The van der Waals surface area contributed by atoms with Gasteiger partial charge in [-0.05, 0) is 32.9 Å². The Hall–Kier alpha value is -0.860. The van der Waals surface area contributed by atoms with E-state index in [0.29, 0.717) is 6.10 Å². The van der Waals surface area contributed by atoms with Crippen LogP contribution in [-0.2, 0) is 4.74 Å². The summed E-state index contributed by atoms with van der Waals surface area (Å²) in [6, 6.07) is 8.92. The van der Waals surface area contributed by atoms with Gasteiger partial charge >= 0.3 is 0 Å². The lowest BCUT2D eigenvalue weighted by Gasteiger charge is -2.20. The van der Waals surface area contributed by atoms with E-state index in [1.165, 1.54) is 17.5 Å². The van der Waals surface area contributed by atoms with Crippen molar-refractivity contribution in [2.24, 2.45) is 0 Å². The fraction of sp³-hybridized carbons (Fsp3) is 0.600. The average Bonchev–Trinajstić information content (AvgIpc) is 2.32. The third kappa shape index (κ3) is 4.88. The van der Waals surface area contributed by atoms with Crippen LogP contribution in [0.5, 0.6) is 0 Å². The maximum atomic E-state index is 5.86. The third-order valence-electron chi connectivity index (χ3n) is 3.07. The van der Waals surface area contributed by atoms with E-state index in [2.05, 4.69) is 50.4 Å². The van der Waals surface area contributed by atoms with Crippen LogP contribution in [0.2, 0.25) is 0 Å². The van der Waals surface area contributed by atoms with Gasteiger partial charge in [0.2, 0.25) is 0 Å². The molecule has 0 aliphatic heterocycles. The molecule has 0 saturated carbocycles. The minimum Gasteiger partial charge on any atom is -0.377 e. The van der Waals surface area contributed by atoms with E-state index < -0.39 is 0 Å². The van der Waals surface area contributed by atoms with Crippen molar-refractivity contribution < 1.29 is 4.74 Å². The molecule has 0 saturated heterocycles. The van der Waals surface area contributed by atoms with Crippen molar-refractivity contribution in [2.75, 3.05) is 13.7 Å². The Morgan fingerprint density at radius 2 is 1.88 bits per heavy atom. The van der Waals surface area contributed by atoms with Crippen LogP contribution in [0.1, 0.15) is 43.9 Å². The second-order valence-corrected chi connectivity index (χ2v) is 4.68. The zero-order chi connectivity index (χ0) is 12.7. The van der Waals surface area contributed by atoms with E-state index in [9.17, 15) is 0 Å². The number of aryl methyl sites for hydroxylation is 1. The lowest BCUT2D eigenvalue weighted by Crippen LogP contribution is -2.24. The molecule has 1 aromatic rings. The number of hydrogen-bond acceptors (Lipinski definition) is 2.